The van der Waals surface area contributed by atoms with Gasteiger partial charge in [0.2, 0.25) is 0 Å². The lowest BCUT2D eigenvalue weighted by Gasteiger charge is -2.10. The molecule has 0 fully saturated rings. The van der Waals surface area contributed by atoms with E-state index < -0.39 is 23.5 Å². The second-order valence-electron chi connectivity index (χ2n) is 4.35. The van der Waals surface area contributed by atoms with E-state index in [4.69, 9.17) is 4.74 Å². The molecular formula is C16H13F2NO3. The minimum atomic E-state index is -1.12. The lowest BCUT2D eigenvalue weighted by molar-refractivity contribution is 0.0527. The number of carbonyl (C=O) groups excluding carboxylic acids is 2. The minimum absolute atomic E-state index is 0.0578. The normalized spacial score (nSPS) is 10.1. The first-order chi connectivity index (χ1) is 10.5. The van der Waals surface area contributed by atoms with E-state index in [1.165, 1.54) is 12.1 Å². The summed E-state index contributed by atoms with van der Waals surface area (Å²) in [6.45, 7) is 1.87. The highest BCUT2D eigenvalue weighted by Crippen LogP contribution is 2.18. The van der Waals surface area contributed by atoms with Gasteiger partial charge in [0.1, 0.15) is 0 Å². The van der Waals surface area contributed by atoms with Crippen LogP contribution in [0.1, 0.15) is 27.6 Å². The fourth-order valence-corrected chi connectivity index (χ4v) is 1.81. The molecule has 0 aliphatic rings. The lowest BCUT2D eigenvalue weighted by Crippen LogP contribution is -2.16. The van der Waals surface area contributed by atoms with Gasteiger partial charge in [0.25, 0.3) is 5.91 Å². The van der Waals surface area contributed by atoms with Gasteiger partial charge in [0.05, 0.1) is 17.9 Å². The quantitative estimate of drug-likeness (QED) is 0.881. The van der Waals surface area contributed by atoms with Gasteiger partial charge in [0, 0.05) is 5.56 Å². The van der Waals surface area contributed by atoms with Gasteiger partial charge in [0.15, 0.2) is 11.6 Å². The molecule has 0 heterocycles. The van der Waals surface area contributed by atoms with Crippen LogP contribution in [0, 0.1) is 11.6 Å². The van der Waals surface area contributed by atoms with Crippen molar-refractivity contribution in [1.82, 2.24) is 0 Å². The third kappa shape index (κ3) is 3.46. The van der Waals surface area contributed by atoms with E-state index in [0.29, 0.717) is 0 Å². The van der Waals surface area contributed by atoms with Crippen molar-refractivity contribution >= 4 is 17.6 Å². The van der Waals surface area contributed by atoms with E-state index in [9.17, 15) is 18.4 Å². The molecule has 114 valence electrons. The van der Waals surface area contributed by atoms with Crippen molar-refractivity contribution < 1.29 is 23.1 Å². The smallest absolute Gasteiger partial charge is 0.340 e. The summed E-state index contributed by atoms with van der Waals surface area (Å²) < 4.78 is 30.9. The predicted molar refractivity (Wildman–Crippen MR) is 76.7 cm³/mol. The fraction of sp³-hybridized carbons (Fsp3) is 0.125. The maximum atomic E-state index is 13.2. The minimum Gasteiger partial charge on any atom is -0.462 e. The van der Waals surface area contributed by atoms with Crippen molar-refractivity contribution in [3.8, 4) is 0 Å². The number of hydrogen-bond donors (Lipinski definition) is 1. The van der Waals surface area contributed by atoms with Gasteiger partial charge in [-0.3, -0.25) is 4.79 Å². The number of carbonyl (C=O) groups is 2. The van der Waals surface area contributed by atoms with Gasteiger partial charge in [-0.1, -0.05) is 12.1 Å². The fourth-order valence-electron chi connectivity index (χ4n) is 1.81. The third-order valence-electron chi connectivity index (χ3n) is 2.85. The molecule has 2 aromatic carbocycles. The molecule has 1 N–H and O–H groups in total. The first-order valence-corrected chi connectivity index (χ1v) is 6.55. The van der Waals surface area contributed by atoms with Gasteiger partial charge < -0.3 is 10.1 Å². The number of anilines is 1. The van der Waals surface area contributed by atoms with Crippen LogP contribution in [0.5, 0.6) is 0 Å². The Labute approximate surface area is 125 Å². The molecule has 0 atom stereocenters. The van der Waals surface area contributed by atoms with Crippen LogP contribution in [0.2, 0.25) is 0 Å². The van der Waals surface area contributed by atoms with E-state index in [2.05, 4.69) is 5.32 Å². The Hall–Kier alpha value is -2.76. The molecule has 0 aromatic heterocycles. The summed E-state index contributed by atoms with van der Waals surface area (Å²) in [5.74, 6) is -3.39. The van der Waals surface area contributed by atoms with Crippen LogP contribution in [0.3, 0.4) is 0 Å². The second kappa shape index (κ2) is 6.80. The lowest BCUT2D eigenvalue weighted by atomic mass is 10.1. The summed E-state index contributed by atoms with van der Waals surface area (Å²) in [5.41, 5.74) is 0.355. The molecule has 0 saturated carbocycles. The summed E-state index contributed by atoms with van der Waals surface area (Å²) >= 11 is 0. The van der Waals surface area contributed by atoms with Gasteiger partial charge in [-0.25, -0.2) is 13.6 Å². The molecule has 0 unspecified atom stereocenters. The van der Waals surface area contributed by atoms with Crippen LogP contribution in [0.25, 0.3) is 0 Å². The number of amides is 1. The van der Waals surface area contributed by atoms with Crippen LogP contribution in [0.15, 0.2) is 42.5 Å². The first kappa shape index (κ1) is 15.6. The van der Waals surface area contributed by atoms with Crippen molar-refractivity contribution in [2.75, 3.05) is 11.9 Å². The summed E-state index contributed by atoms with van der Waals surface area (Å²) in [6, 6.07) is 9.08. The van der Waals surface area contributed by atoms with Crippen LogP contribution in [-0.4, -0.2) is 18.5 Å². The molecule has 0 aliphatic carbocycles. The number of hydrogen-bond acceptors (Lipinski definition) is 3. The third-order valence-corrected chi connectivity index (χ3v) is 2.85. The summed E-state index contributed by atoms with van der Waals surface area (Å²) in [7, 11) is 0. The van der Waals surface area contributed by atoms with Gasteiger partial charge in [-0.05, 0) is 37.3 Å². The zero-order chi connectivity index (χ0) is 16.1. The molecule has 1 amide bonds. The summed E-state index contributed by atoms with van der Waals surface area (Å²) in [4.78, 5) is 23.9. The molecule has 6 heteroatoms. The van der Waals surface area contributed by atoms with Crippen LogP contribution in [-0.2, 0) is 4.74 Å². The standard InChI is InChI=1S/C16H13F2NO3/c1-2-22-16(21)11-5-3-4-6-14(11)19-15(20)10-7-8-12(17)13(18)9-10/h3-9H,2H2,1H3,(H,19,20). The van der Waals surface area contributed by atoms with E-state index in [1.807, 2.05) is 0 Å². The predicted octanol–water partition coefficient (Wildman–Crippen LogP) is 3.39. The largest absolute Gasteiger partial charge is 0.462 e. The van der Waals surface area contributed by atoms with Crippen molar-refractivity contribution in [2.45, 2.75) is 6.92 Å². The number of para-hydroxylation sites is 1. The van der Waals surface area contributed by atoms with E-state index in [0.717, 1.165) is 18.2 Å². The molecular weight excluding hydrogens is 292 g/mol. The summed E-state index contributed by atoms with van der Waals surface area (Å²) in [5, 5.41) is 2.48. The van der Waals surface area contributed by atoms with E-state index in [1.54, 1.807) is 19.1 Å². The molecule has 0 radical (unpaired) electrons. The van der Waals surface area contributed by atoms with Crippen LogP contribution < -0.4 is 5.32 Å². The number of benzene rings is 2. The molecule has 4 nitrogen and oxygen atoms in total. The second-order valence-corrected chi connectivity index (χ2v) is 4.35. The highest BCUT2D eigenvalue weighted by molar-refractivity contribution is 6.08. The van der Waals surface area contributed by atoms with Crippen LogP contribution in [0.4, 0.5) is 14.5 Å². The highest BCUT2D eigenvalue weighted by Gasteiger charge is 2.15. The maximum Gasteiger partial charge on any atom is 0.340 e. The van der Waals surface area contributed by atoms with Crippen molar-refractivity contribution in [3.05, 3.63) is 65.2 Å². The molecule has 2 aromatic rings. The van der Waals surface area contributed by atoms with Gasteiger partial charge >= 0.3 is 5.97 Å². The Morgan fingerprint density at radius 3 is 2.50 bits per heavy atom. The number of nitrogens with one attached hydrogen (secondary N) is 1. The zero-order valence-electron chi connectivity index (χ0n) is 11.7. The Bertz CT molecular complexity index is 716. The average Bonchev–Trinajstić information content (AvgIpc) is 2.50. The molecule has 2 rings (SSSR count). The van der Waals surface area contributed by atoms with Crippen molar-refractivity contribution in [1.29, 1.82) is 0 Å². The molecule has 22 heavy (non-hydrogen) atoms. The maximum absolute atomic E-state index is 13.2. The number of halogens is 2. The van der Waals surface area contributed by atoms with E-state index in [-0.39, 0.29) is 23.4 Å². The SMILES string of the molecule is CCOC(=O)c1ccccc1NC(=O)c1ccc(F)c(F)c1. The highest BCUT2D eigenvalue weighted by atomic mass is 19.2. The molecule has 0 aliphatic heterocycles. The van der Waals surface area contributed by atoms with Crippen molar-refractivity contribution in [2.24, 2.45) is 0 Å². The Morgan fingerprint density at radius 1 is 1.09 bits per heavy atom. The molecule has 0 spiro atoms. The summed E-state index contributed by atoms with van der Waals surface area (Å²) in [6.07, 6.45) is 0. The molecule has 0 saturated heterocycles. The Kier molecular flexibility index (Phi) is 4.83. The Balaban J connectivity index is 2.25. The topological polar surface area (TPSA) is 55.4 Å². The number of ether oxygens (including phenoxy) is 1. The van der Waals surface area contributed by atoms with Gasteiger partial charge in [-0.15, -0.1) is 0 Å². The average molecular weight is 305 g/mol. The van der Waals surface area contributed by atoms with Gasteiger partial charge in [-0.2, -0.15) is 0 Å². The number of rotatable bonds is 4. The Morgan fingerprint density at radius 2 is 1.82 bits per heavy atom. The number of esters is 1. The zero-order valence-corrected chi connectivity index (χ0v) is 11.7. The van der Waals surface area contributed by atoms with E-state index >= 15 is 0 Å². The monoisotopic (exact) mass is 305 g/mol. The van der Waals surface area contributed by atoms with Crippen LogP contribution >= 0.6 is 0 Å². The first-order valence-electron chi connectivity index (χ1n) is 6.55. The van der Waals surface area contributed by atoms with Crippen molar-refractivity contribution in [3.63, 3.8) is 0 Å². The molecule has 0 bridgehead atoms.